The first-order valence-corrected chi connectivity index (χ1v) is 11.5. The van der Waals surface area contributed by atoms with Crippen LogP contribution in [-0.4, -0.2) is 30.3 Å². The van der Waals surface area contributed by atoms with Gasteiger partial charge in [0.15, 0.2) is 17.0 Å². The second-order valence-corrected chi connectivity index (χ2v) is 8.99. The lowest BCUT2D eigenvalue weighted by Crippen LogP contribution is -2.16. The van der Waals surface area contributed by atoms with Gasteiger partial charge in [-0.25, -0.2) is 9.50 Å². The zero-order valence-corrected chi connectivity index (χ0v) is 19.5. The molecule has 0 fully saturated rings. The third-order valence-corrected chi connectivity index (χ3v) is 6.24. The van der Waals surface area contributed by atoms with E-state index in [1.165, 1.54) is 17.4 Å². The summed E-state index contributed by atoms with van der Waals surface area (Å²) in [5.74, 6) is -0.635. The Labute approximate surface area is 201 Å². The Morgan fingerprint density at radius 3 is 2.57 bits per heavy atom. The van der Waals surface area contributed by atoms with E-state index in [0.717, 1.165) is 23.0 Å². The van der Waals surface area contributed by atoms with Gasteiger partial charge in [-0.2, -0.15) is 23.4 Å². The van der Waals surface area contributed by atoms with Crippen molar-refractivity contribution in [2.45, 2.75) is 26.6 Å². The number of carbonyl (C=O) groups excluding carboxylic acids is 1. The molecule has 0 saturated carbocycles. The highest BCUT2D eigenvalue weighted by Gasteiger charge is 2.35. The fraction of sp³-hybridized carbons (Fsp3) is 0.167. The highest BCUT2D eigenvalue weighted by atomic mass is 32.1. The van der Waals surface area contributed by atoms with Gasteiger partial charge in [-0.05, 0) is 55.1 Å². The first kappa shape index (κ1) is 22.8. The third kappa shape index (κ3) is 4.67. The van der Waals surface area contributed by atoms with Crippen molar-refractivity contribution in [3.63, 3.8) is 0 Å². The van der Waals surface area contributed by atoms with Crippen LogP contribution in [0.4, 0.5) is 18.9 Å². The number of carbonyl (C=O) groups is 1. The number of thiophene rings is 1. The topological polar surface area (TPSA) is 77.1 Å². The van der Waals surface area contributed by atoms with Crippen molar-refractivity contribution >= 4 is 28.6 Å². The summed E-state index contributed by atoms with van der Waals surface area (Å²) in [5.41, 5.74) is 2.26. The van der Waals surface area contributed by atoms with Crippen LogP contribution in [0.1, 0.15) is 33.1 Å². The molecule has 0 aliphatic carbocycles. The smallest absolute Gasteiger partial charge is 0.321 e. The zero-order valence-electron chi connectivity index (χ0n) is 18.7. The molecule has 7 nitrogen and oxygen atoms in total. The molecule has 0 spiro atoms. The van der Waals surface area contributed by atoms with Crippen LogP contribution in [0.15, 0.2) is 60.0 Å². The number of halogens is 3. The normalized spacial score (nSPS) is 11.8. The minimum Gasteiger partial charge on any atom is -0.321 e. The van der Waals surface area contributed by atoms with E-state index in [9.17, 15) is 18.0 Å². The molecule has 0 bridgehead atoms. The van der Waals surface area contributed by atoms with Crippen LogP contribution in [-0.2, 0) is 12.7 Å². The molecule has 1 N–H and O–H groups in total. The van der Waals surface area contributed by atoms with Crippen LogP contribution >= 0.6 is 11.3 Å². The molecular formula is C24H19F3N6OS. The van der Waals surface area contributed by atoms with Crippen molar-refractivity contribution in [2.24, 2.45) is 0 Å². The SMILES string of the molecule is Cc1cc(C)n(Cc2cccc(NC(=O)c3cc4nc(-c5cccs5)cc(C(F)(F)F)n4n3)c2)n1. The first-order valence-electron chi connectivity index (χ1n) is 10.6. The molecule has 178 valence electrons. The number of nitrogens with zero attached hydrogens (tertiary/aromatic N) is 5. The molecule has 5 rings (SSSR count). The number of anilines is 1. The second kappa shape index (κ2) is 8.66. The lowest BCUT2D eigenvalue weighted by molar-refractivity contribution is -0.142. The van der Waals surface area contributed by atoms with E-state index in [1.54, 1.807) is 35.7 Å². The molecule has 0 saturated heterocycles. The van der Waals surface area contributed by atoms with Gasteiger partial charge in [-0.3, -0.25) is 9.48 Å². The number of rotatable bonds is 5. The number of amides is 1. The average molecular weight is 497 g/mol. The van der Waals surface area contributed by atoms with E-state index in [4.69, 9.17) is 0 Å². The van der Waals surface area contributed by atoms with Crippen molar-refractivity contribution < 1.29 is 18.0 Å². The van der Waals surface area contributed by atoms with E-state index in [-0.39, 0.29) is 17.0 Å². The van der Waals surface area contributed by atoms with Crippen molar-refractivity contribution in [1.82, 2.24) is 24.4 Å². The Bertz CT molecular complexity index is 1530. The molecule has 35 heavy (non-hydrogen) atoms. The maximum Gasteiger partial charge on any atom is 0.433 e. The molecule has 5 aromatic rings. The van der Waals surface area contributed by atoms with Crippen LogP contribution in [0.3, 0.4) is 0 Å². The minimum atomic E-state index is -4.68. The number of nitrogens with one attached hydrogen (secondary N) is 1. The summed E-state index contributed by atoms with van der Waals surface area (Å²) in [5, 5.41) is 12.8. The van der Waals surface area contributed by atoms with Crippen molar-refractivity contribution in [3.8, 4) is 10.6 Å². The number of fused-ring (bicyclic) bond motifs is 1. The lowest BCUT2D eigenvalue weighted by atomic mass is 10.2. The molecule has 1 amide bonds. The quantitative estimate of drug-likeness (QED) is 0.344. The predicted molar refractivity (Wildman–Crippen MR) is 127 cm³/mol. The summed E-state index contributed by atoms with van der Waals surface area (Å²) in [6, 6.07) is 14.8. The number of aromatic nitrogens is 5. The molecule has 0 radical (unpaired) electrons. The van der Waals surface area contributed by atoms with Crippen LogP contribution in [0.2, 0.25) is 0 Å². The molecule has 0 unspecified atom stereocenters. The van der Waals surface area contributed by atoms with E-state index < -0.39 is 17.8 Å². The van der Waals surface area contributed by atoms with E-state index in [0.29, 0.717) is 21.6 Å². The highest BCUT2D eigenvalue weighted by molar-refractivity contribution is 7.13. The van der Waals surface area contributed by atoms with Gasteiger partial charge in [0.1, 0.15) is 0 Å². The van der Waals surface area contributed by atoms with Crippen molar-refractivity contribution in [3.05, 3.63) is 88.3 Å². The summed E-state index contributed by atoms with van der Waals surface area (Å²) >= 11 is 1.28. The second-order valence-electron chi connectivity index (χ2n) is 8.04. The van der Waals surface area contributed by atoms with Crippen LogP contribution < -0.4 is 5.32 Å². The number of hydrogen-bond acceptors (Lipinski definition) is 5. The van der Waals surface area contributed by atoms with Crippen LogP contribution in [0.5, 0.6) is 0 Å². The highest BCUT2D eigenvalue weighted by Crippen LogP contribution is 2.33. The Morgan fingerprint density at radius 2 is 1.89 bits per heavy atom. The Hall–Kier alpha value is -3.99. The fourth-order valence-corrected chi connectivity index (χ4v) is 4.47. The maximum absolute atomic E-state index is 13.8. The molecule has 0 atom stereocenters. The number of benzene rings is 1. The molecule has 1 aromatic carbocycles. The zero-order chi connectivity index (χ0) is 24.7. The van der Waals surface area contributed by atoms with Crippen LogP contribution in [0.25, 0.3) is 16.2 Å². The van der Waals surface area contributed by atoms with Gasteiger partial charge < -0.3 is 5.32 Å². The monoisotopic (exact) mass is 496 g/mol. The average Bonchev–Trinajstić information content (AvgIpc) is 3.53. The summed E-state index contributed by atoms with van der Waals surface area (Å²) in [4.78, 5) is 17.8. The minimum absolute atomic E-state index is 0.0633. The first-order chi connectivity index (χ1) is 16.7. The standard InChI is InChI=1S/C24H19F3N6OS/c1-14-9-15(2)32(30-14)13-16-5-3-6-17(10-16)28-23(34)19-12-22-29-18(20-7-4-8-35-20)11-21(24(25,26)27)33(22)31-19/h3-12H,13H2,1-2H3,(H,28,34). The summed E-state index contributed by atoms with van der Waals surface area (Å²) in [7, 11) is 0. The van der Waals surface area contributed by atoms with Crippen molar-refractivity contribution in [2.75, 3.05) is 5.32 Å². The van der Waals surface area contributed by atoms with Gasteiger partial charge in [0.2, 0.25) is 0 Å². The Kier molecular flexibility index (Phi) is 5.64. The molecule has 0 aliphatic rings. The van der Waals surface area contributed by atoms with Crippen molar-refractivity contribution in [1.29, 1.82) is 0 Å². The largest absolute Gasteiger partial charge is 0.433 e. The molecule has 0 aliphatic heterocycles. The van der Waals surface area contributed by atoms with Gasteiger partial charge in [0.05, 0.1) is 22.8 Å². The Morgan fingerprint density at radius 1 is 1.06 bits per heavy atom. The number of hydrogen-bond donors (Lipinski definition) is 1. The van der Waals surface area contributed by atoms with Gasteiger partial charge in [-0.15, -0.1) is 11.3 Å². The summed E-state index contributed by atoms with van der Waals surface area (Å²) in [6.07, 6.45) is -4.68. The number of aryl methyl sites for hydroxylation is 2. The van der Waals surface area contributed by atoms with E-state index in [1.807, 2.05) is 30.7 Å². The van der Waals surface area contributed by atoms with Gasteiger partial charge in [-0.1, -0.05) is 18.2 Å². The van der Waals surface area contributed by atoms with Gasteiger partial charge in [0, 0.05) is 17.4 Å². The maximum atomic E-state index is 13.8. The Balaban J connectivity index is 1.44. The molecule has 11 heteroatoms. The van der Waals surface area contributed by atoms with Gasteiger partial charge in [0.25, 0.3) is 5.91 Å². The predicted octanol–water partition coefficient (Wildman–Crippen LogP) is 5.59. The van der Waals surface area contributed by atoms with Crippen LogP contribution in [0, 0.1) is 13.8 Å². The molecular weight excluding hydrogens is 477 g/mol. The van der Waals surface area contributed by atoms with E-state index >= 15 is 0 Å². The van der Waals surface area contributed by atoms with Gasteiger partial charge >= 0.3 is 6.18 Å². The number of alkyl halides is 3. The summed E-state index contributed by atoms with van der Waals surface area (Å²) in [6.45, 7) is 4.39. The lowest BCUT2D eigenvalue weighted by Gasteiger charge is -2.10. The third-order valence-electron chi connectivity index (χ3n) is 5.34. The van der Waals surface area contributed by atoms with E-state index in [2.05, 4.69) is 20.5 Å². The molecule has 4 aromatic heterocycles. The molecule has 4 heterocycles. The summed E-state index contributed by atoms with van der Waals surface area (Å²) < 4.78 is 43.8. The fourth-order valence-electron chi connectivity index (χ4n) is 3.79.